The van der Waals surface area contributed by atoms with E-state index in [2.05, 4.69) is 37.9 Å². The third-order valence-corrected chi connectivity index (χ3v) is 4.63. The summed E-state index contributed by atoms with van der Waals surface area (Å²) in [6.45, 7) is 0. The predicted molar refractivity (Wildman–Crippen MR) is 73.3 cm³/mol. The third kappa shape index (κ3) is 2.75. The molecule has 0 aromatic carbocycles. The van der Waals surface area contributed by atoms with E-state index in [9.17, 15) is 0 Å². The molecule has 1 fully saturated rings. The van der Waals surface area contributed by atoms with Crippen LogP contribution in [0, 0.1) is 3.57 Å². The maximum atomic E-state index is 4.56. The van der Waals surface area contributed by atoms with Crippen molar-refractivity contribution in [3.05, 3.63) is 15.6 Å². The van der Waals surface area contributed by atoms with Crippen LogP contribution in [0.1, 0.15) is 30.3 Å². The first-order valence-electron chi connectivity index (χ1n) is 5.13. The van der Waals surface area contributed by atoms with Crippen molar-refractivity contribution in [3.63, 3.8) is 0 Å². The van der Waals surface area contributed by atoms with Gasteiger partial charge in [0.2, 0.25) is 0 Å². The summed E-state index contributed by atoms with van der Waals surface area (Å²) in [6, 6.07) is 0. The lowest BCUT2D eigenvalue weighted by atomic mass is 10.2. The minimum absolute atomic E-state index is 0.503. The smallest absolute Gasteiger partial charge is 0.143 e. The Bertz CT molecular complexity index is 339. The number of anilines is 1. The van der Waals surface area contributed by atoms with Gasteiger partial charge >= 0.3 is 0 Å². The summed E-state index contributed by atoms with van der Waals surface area (Å²) in [5, 5.41) is 3.61. The number of hydrogen-bond acceptors (Lipinski definition) is 4. The lowest BCUT2D eigenvalue weighted by Gasteiger charge is -2.20. The highest BCUT2D eigenvalue weighted by Crippen LogP contribution is 2.36. The second kappa shape index (κ2) is 5.34. The molecule has 2 rings (SSSR count). The van der Waals surface area contributed by atoms with E-state index in [1.807, 2.05) is 25.0 Å². The number of nitrogens with zero attached hydrogens (tertiary/aromatic N) is 2. The van der Waals surface area contributed by atoms with Gasteiger partial charge in [0.05, 0.1) is 8.82 Å². The fourth-order valence-electron chi connectivity index (χ4n) is 1.66. The molecule has 0 aliphatic carbocycles. The van der Waals surface area contributed by atoms with Gasteiger partial charge in [0.1, 0.15) is 11.6 Å². The Morgan fingerprint density at radius 1 is 1.53 bits per heavy atom. The predicted octanol–water partition coefficient (Wildman–Crippen LogP) is 3.08. The highest BCUT2D eigenvalue weighted by molar-refractivity contribution is 14.1. The molecule has 1 aromatic heterocycles. The molecular formula is C10H14IN3S. The first-order chi connectivity index (χ1) is 7.31. The molecule has 0 spiro atoms. The monoisotopic (exact) mass is 335 g/mol. The van der Waals surface area contributed by atoms with E-state index in [1.54, 1.807) is 0 Å². The fourth-order valence-corrected chi connectivity index (χ4v) is 3.44. The topological polar surface area (TPSA) is 37.8 Å². The molecule has 1 unspecified atom stereocenters. The van der Waals surface area contributed by atoms with Crippen LogP contribution >= 0.6 is 34.4 Å². The molecule has 0 saturated carbocycles. The highest BCUT2D eigenvalue weighted by Gasteiger charge is 2.19. The molecule has 1 aromatic rings. The Morgan fingerprint density at radius 3 is 3.07 bits per heavy atom. The van der Waals surface area contributed by atoms with Gasteiger partial charge in [0.15, 0.2) is 0 Å². The van der Waals surface area contributed by atoms with Crippen molar-refractivity contribution in [1.29, 1.82) is 0 Å². The molecule has 3 nitrogen and oxygen atoms in total. The van der Waals surface area contributed by atoms with Crippen molar-refractivity contribution in [3.8, 4) is 0 Å². The number of rotatable bonds is 2. The van der Waals surface area contributed by atoms with Crippen molar-refractivity contribution in [2.45, 2.75) is 24.5 Å². The van der Waals surface area contributed by atoms with Gasteiger partial charge in [-0.15, -0.1) is 0 Å². The summed E-state index contributed by atoms with van der Waals surface area (Å²) in [7, 11) is 1.91. The average Bonchev–Trinajstić information content (AvgIpc) is 2.31. The average molecular weight is 335 g/mol. The number of thioether (sulfide) groups is 1. The van der Waals surface area contributed by atoms with Crippen LogP contribution in [-0.4, -0.2) is 22.8 Å². The maximum absolute atomic E-state index is 4.56. The van der Waals surface area contributed by atoms with E-state index in [-0.39, 0.29) is 0 Å². The van der Waals surface area contributed by atoms with Crippen molar-refractivity contribution >= 4 is 40.2 Å². The largest absolute Gasteiger partial charge is 0.372 e. The second-order valence-electron chi connectivity index (χ2n) is 3.53. The zero-order valence-corrected chi connectivity index (χ0v) is 11.6. The molecule has 0 amide bonds. The number of hydrogen-bond donors (Lipinski definition) is 1. The standard InChI is InChI=1S/C10H14IN3S/c1-12-9-7(11)6-13-10(14-9)8-4-2-3-5-15-8/h6,8H,2-5H2,1H3,(H,12,13,14). The molecule has 1 N–H and O–H groups in total. The molecule has 1 aliphatic heterocycles. The number of halogens is 1. The second-order valence-corrected chi connectivity index (χ2v) is 6.00. The quantitative estimate of drug-likeness (QED) is 0.843. The zero-order chi connectivity index (χ0) is 10.7. The van der Waals surface area contributed by atoms with Gasteiger partial charge in [-0.3, -0.25) is 0 Å². The zero-order valence-electron chi connectivity index (χ0n) is 8.66. The molecule has 82 valence electrons. The Morgan fingerprint density at radius 2 is 2.40 bits per heavy atom. The lowest BCUT2D eigenvalue weighted by molar-refractivity contribution is 0.662. The van der Waals surface area contributed by atoms with Gasteiger partial charge in [0, 0.05) is 13.2 Å². The minimum atomic E-state index is 0.503. The van der Waals surface area contributed by atoms with E-state index in [4.69, 9.17) is 0 Å². The van der Waals surface area contributed by atoms with Crippen LogP contribution < -0.4 is 5.32 Å². The van der Waals surface area contributed by atoms with Gasteiger partial charge in [-0.2, -0.15) is 11.8 Å². The Balaban J connectivity index is 2.20. The van der Waals surface area contributed by atoms with Crippen molar-refractivity contribution < 1.29 is 0 Å². The first-order valence-corrected chi connectivity index (χ1v) is 7.26. The van der Waals surface area contributed by atoms with Crippen molar-refractivity contribution in [2.75, 3.05) is 18.1 Å². The van der Waals surface area contributed by atoms with Crippen molar-refractivity contribution in [1.82, 2.24) is 9.97 Å². The van der Waals surface area contributed by atoms with Crippen LogP contribution in [0.4, 0.5) is 5.82 Å². The van der Waals surface area contributed by atoms with Gasteiger partial charge in [0.25, 0.3) is 0 Å². The van der Waals surface area contributed by atoms with Crippen LogP contribution in [0.15, 0.2) is 6.20 Å². The van der Waals surface area contributed by atoms with Gasteiger partial charge < -0.3 is 5.32 Å². The van der Waals surface area contributed by atoms with Crippen LogP contribution in [-0.2, 0) is 0 Å². The van der Waals surface area contributed by atoms with Crippen molar-refractivity contribution in [2.24, 2.45) is 0 Å². The van der Waals surface area contributed by atoms with Gasteiger partial charge in [-0.25, -0.2) is 9.97 Å². The van der Waals surface area contributed by atoms with Gasteiger partial charge in [-0.1, -0.05) is 6.42 Å². The summed E-state index contributed by atoms with van der Waals surface area (Å²) in [5.74, 6) is 3.19. The summed E-state index contributed by atoms with van der Waals surface area (Å²) < 4.78 is 1.08. The van der Waals surface area contributed by atoms with E-state index < -0.39 is 0 Å². The van der Waals surface area contributed by atoms with E-state index >= 15 is 0 Å². The van der Waals surface area contributed by atoms with Crippen LogP contribution in [0.3, 0.4) is 0 Å². The van der Waals surface area contributed by atoms with E-state index in [1.165, 1.54) is 25.0 Å². The maximum Gasteiger partial charge on any atom is 0.143 e. The van der Waals surface area contributed by atoms with Crippen LogP contribution in [0.25, 0.3) is 0 Å². The summed E-state index contributed by atoms with van der Waals surface area (Å²) in [4.78, 5) is 9.00. The minimum Gasteiger partial charge on any atom is -0.372 e. The number of nitrogens with one attached hydrogen (secondary N) is 1. The molecule has 0 bridgehead atoms. The molecule has 1 aliphatic rings. The van der Waals surface area contributed by atoms with Gasteiger partial charge in [-0.05, 0) is 41.2 Å². The van der Waals surface area contributed by atoms with E-state index in [0.29, 0.717) is 5.25 Å². The Labute approximate surface area is 108 Å². The summed E-state index contributed by atoms with van der Waals surface area (Å²) in [5.41, 5.74) is 0. The van der Waals surface area contributed by atoms with Crippen LogP contribution in [0.2, 0.25) is 0 Å². The molecular weight excluding hydrogens is 321 g/mol. The molecule has 5 heteroatoms. The normalized spacial score (nSPS) is 21.3. The lowest BCUT2D eigenvalue weighted by Crippen LogP contribution is -2.08. The van der Waals surface area contributed by atoms with E-state index in [0.717, 1.165) is 15.2 Å². The molecule has 2 heterocycles. The molecule has 0 radical (unpaired) electrons. The Kier molecular flexibility index (Phi) is 4.07. The van der Waals surface area contributed by atoms with Crippen LogP contribution in [0.5, 0.6) is 0 Å². The summed E-state index contributed by atoms with van der Waals surface area (Å²) >= 11 is 4.24. The highest BCUT2D eigenvalue weighted by atomic mass is 127. The number of aromatic nitrogens is 2. The SMILES string of the molecule is CNc1nc(C2CCCCS2)ncc1I. The Hall–Kier alpha value is -0.0400. The summed E-state index contributed by atoms with van der Waals surface area (Å²) in [6.07, 6.45) is 5.77. The molecule has 1 atom stereocenters. The first kappa shape index (κ1) is 11.4. The molecule has 1 saturated heterocycles. The third-order valence-electron chi connectivity index (χ3n) is 2.47. The molecule has 15 heavy (non-hydrogen) atoms. The fraction of sp³-hybridized carbons (Fsp3) is 0.600.